The second-order valence-electron chi connectivity index (χ2n) is 5.62. The first-order valence-electron chi connectivity index (χ1n) is 7.86. The minimum absolute atomic E-state index is 0.0679. The second kappa shape index (κ2) is 7.41. The van der Waals surface area contributed by atoms with Crippen LogP contribution < -0.4 is 5.32 Å². The summed E-state index contributed by atoms with van der Waals surface area (Å²) in [6, 6.07) is 5.94. The first kappa shape index (κ1) is 16.4. The Morgan fingerprint density at radius 3 is 2.88 bits per heavy atom. The number of rotatable bonds is 6. The first-order valence-corrected chi connectivity index (χ1v) is 7.86. The van der Waals surface area contributed by atoms with E-state index in [4.69, 9.17) is 9.47 Å². The van der Waals surface area contributed by atoms with Crippen molar-refractivity contribution in [1.29, 1.82) is 0 Å². The molecule has 2 heterocycles. The molecule has 1 aromatic rings. The predicted molar refractivity (Wildman–Crippen MR) is 86.2 cm³/mol. The zero-order valence-electron chi connectivity index (χ0n) is 13.2. The Kier molecular flexibility index (Phi) is 5.07. The Balaban J connectivity index is 1.70. The van der Waals surface area contributed by atoms with E-state index in [1.165, 1.54) is 12.1 Å². The number of carbonyl (C=O) groups excluding carboxylic acids is 1. The molecule has 0 aliphatic carbocycles. The number of piperazine rings is 1. The van der Waals surface area contributed by atoms with Gasteiger partial charge in [0.15, 0.2) is 0 Å². The van der Waals surface area contributed by atoms with E-state index in [9.17, 15) is 14.9 Å². The maximum absolute atomic E-state index is 12.0. The summed E-state index contributed by atoms with van der Waals surface area (Å²) in [4.78, 5) is 24.7. The summed E-state index contributed by atoms with van der Waals surface area (Å²) in [6.07, 6.45) is 0. The average molecular weight is 333 g/mol. The van der Waals surface area contributed by atoms with Gasteiger partial charge in [-0.05, 0) is 5.56 Å². The molecule has 0 radical (unpaired) electrons. The van der Waals surface area contributed by atoms with Gasteiger partial charge >= 0.3 is 5.97 Å². The smallest absolute Gasteiger partial charge is 0.342 e. The minimum atomic E-state index is -0.507. The molecule has 1 aromatic carbocycles. The lowest BCUT2D eigenvalue weighted by atomic mass is 10.1. The van der Waals surface area contributed by atoms with E-state index < -0.39 is 10.9 Å². The van der Waals surface area contributed by atoms with Gasteiger partial charge in [-0.2, -0.15) is 0 Å². The summed E-state index contributed by atoms with van der Waals surface area (Å²) < 4.78 is 10.8. The number of nitro groups is 1. The van der Waals surface area contributed by atoms with E-state index in [1.54, 1.807) is 12.1 Å². The van der Waals surface area contributed by atoms with Crippen molar-refractivity contribution in [3.8, 4) is 0 Å². The normalized spacial score (nSPS) is 18.6. The standard InChI is InChI=1S/C16H19N3O5/c20-16-15(12-2-1-3-13(10-12)19(21)22)14(11-24-16)23-9-8-18-6-4-17-5-7-18/h1-3,10,17H,4-9,11H2. The van der Waals surface area contributed by atoms with Crippen molar-refractivity contribution in [1.82, 2.24) is 10.2 Å². The van der Waals surface area contributed by atoms with Crippen molar-refractivity contribution >= 4 is 17.2 Å². The van der Waals surface area contributed by atoms with E-state index in [0.29, 0.717) is 17.9 Å². The number of non-ortho nitro benzene ring substituents is 1. The highest BCUT2D eigenvalue weighted by molar-refractivity contribution is 6.19. The summed E-state index contributed by atoms with van der Waals surface area (Å²) in [5, 5.41) is 14.2. The molecule has 0 spiro atoms. The van der Waals surface area contributed by atoms with E-state index in [1.807, 2.05) is 0 Å². The lowest BCUT2D eigenvalue weighted by molar-refractivity contribution is -0.384. The zero-order chi connectivity index (χ0) is 16.9. The highest BCUT2D eigenvalue weighted by atomic mass is 16.6. The number of ether oxygens (including phenoxy) is 2. The van der Waals surface area contributed by atoms with Crippen LogP contribution in [-0.2, 0) is 14.3 Å². The zero-order valence-corrected chi connectivity index (χ0v) is 13.2. The fourth-order valence-corrected chi connectivity index (χ4v) is 2.79. The molecule has 0 atom stereocenters. The number of cyclic esters (lactones) is 1. The van der Waals surface area contributed by atoms with Gasteiger partial charge in [-0.3, -0.25) is 15.0 Å². The van der Waals surface area contributed by atoms with Crippen molar-refractivity contribution in [2.75, 3.05) is 45.9 Å². The van der Waals surface area contributed by atoms with E-state index in [-0.39, 0.29) is 17.9 Å². The summed E-state index contributed by atoms with van der Waals surface area (Å²) in [5.74, 6) is -0.0664. The number of hydrogen-bond donors (Lipinski definition) is 1. The van der Waals surface area contributed by atoms with Crippen molar-refractivity contribution in [2.24, 2.45) is 0 Å². The number of nitrogens with one attached hydrogen (secondary N) is 1. The Morgan fingerprint density at radius 2 is 2.12 bits per heavy atom. The molecule has 1 saturated heterocycles. The third-order valence-electron chi connectivity index (χ3n) is 4.06. The molecule has 0 aromatic heterocycles. The molecule has 0 unspecified atom stereocenters. The highest BCUT2D eigenvalue weighted by Crippen LogP contribution is 2.29. The molecule has 0 bridgehead atoms. The van der Waals surface area contributed by atoms with Crippen LogP contribution >= 0.6 is 0 Å². The Labute approximate surface area is 139 Å². The molecule has 1 N–H and O–H groups in total. The fraction of sp³-hybridized carbons (Fsp3) is 0.438. The van der Waals surface area contributed by atoms with Crippen molar-refractivity contribution in [3.05, 3.63) is 45.7 Å². The maximum atomic E-state index is 12.0. The molecule has 2 aliphatic rings. The van der Waals surface area contributed by atoms with Gasteiger partial charge in [0.05, 0.1) is 4.92 Å². The quantitative estimate of drug-likeness (QED) is 0.467. The Morgan fingerprint density at radius 1 is 1.33 bits per heavy atom. The average Bonchev–Trinajstić information content (AvgIpc) is 2.96. The number of benzene rings is 1. The number of nitrogens with zero attached hydrogens (tertiary/aromatic N) is 2. The molecule has 24 heavy (non-hydrogen) atoms. The molecule has 0 saturated carbocycles. The number of nitro benzene ring substituents is 1. The maximum Gasteiger partial charge on any atom is 0.342 e. The Bertz CT molecular complexity index is 667. The van der Waals surface area contributed by atoms with E-state index in [2.05, 4.69) is 10.2 Å². The van der Waals surface area contributed by atoms with Crippen molar-refractivity contribution in [3.63, 3.8) is 0 Å². The molecular formula is C16H19N3O5. The van der Waals surface area contributed by atoms with Gasteiger partial charge in [0.2, 0.25) is 0 Å². The minimum Gasteiger partial charge on any atom is -0.492 e. The molecular weight excluding hydrogens is 314 g/mol. The van der Waals surface area contributed by atoms with Crippen molar-refractivity contribution in [2.45, 2.75) is 0 Å². The molecule has 0 amide bonds. The van der Waals surface area contributed by atoms with E-state index >= 15 is 0 Å². The molecule has 8 heteroatoms. The summed E-state index contributed by atoms with van der Waals surface area (Å²) in [7, 11) is 0. The SMILES string of the molecule is O=C1OCC(OCCN2CCNCC2)=C1c1cccc([N+](=O)[O-])c1. The summed E-state index contributed by atoms with van der Waals surface area (Å²) >= 11 is 0. The van der Waals surface area contributed by atoms with Crippen LogP contribution in [0.4, 0.5) is 5.69 Å². The first-order chi connectivity index (χ1) is 11.6. The number of hydrogen-bond acceptors (Lipinski definition) is 7. The molecule has 1 fully saturated rings. The molecule has 128 valence electrons. The predicted octanol–water partition coefficient (Wildman–Crippen LogP) is 0.785. The lowest BCUT2D eigenvalue weighted by Crippen LogP contribution is -2.44. The Hall–Kier alpha value is -2.45. The molecule has 8 nitrogen and oxygen atoms in total. The van der Waals surface area contributed by atoms with Gasteiger partial charge in [-0.15, -0.1) is 0 Å². The highest BCUT2D eigenvalue weighted by Gasteiger charge is 2.29. The van der Waals surface area contributed by atoms with Crippen molar-refractivity contribution < 1.29 is 19.2 Å². The third-order valence-corrected chi connectivity index (χ3v) is 4.06. The van der Waals surface area contributed by atoms with Crippen LogP contribution in [0.25, 0.3) is 5.57 Å². The van der Waals surface area contributed by atoms with Gasteiger partial charge in [0, 0.05) is 44.9 Å². The molecule has 3 rings (SSSR count). The van der Waals surface area contributed by atoms with Crippen LogP contribution in [0.3, 0.4) is 0 Å². The third kappa shape index (κ3) is 3.72. The summed E-state index contributed by atoms with van der Waals surface area (Å²) in [5.41, 5.74) is 0.655. The van der Waals surface area contributed by atoms with Crippen LogP contribution in [0.2, 0.25) is 0 Å². The van der Waals surface area contributed by atoms with Gasteiger partial charge < -0.3 is 14.8 Å². The monoisotopic (exact) mass is 333 g/mol. The second-order valence-corrected chi connectivity index (χ2v) is 5.62. The largest absolute Gasteiger partial charge is 0.492 e. The summed E-state index contributed by atoms with van der Waals surface area (Å²) in [6.45, 7) is 5.14. The van der Waals surface area contributed by atoms with Gasteiger partial charge in [-0.25, -0.2) is 4.79 Å². The lowest BCUT2D eigenvalue weighted by Gasteiger charge is -2.27. The number of esters is 1. The van der Waals surface area contributed by atoms with Crippen LogP contribution in [-0.4, -0.2) is 61.7 Å². The van der Waals surface area contributed by atoms with E-state index in [0.717, 1.165) is 32.7 Å². The van der Waals surface area contributed by atoms with Crippen LogP contribution in [0.15, 0.2) is 30.0 Å². The fourth-order valence-electron chi connectivity index (χ4n) is 2.79. The van der Waals surface area contributed by atoms with Crippen LogP contribution in [0, 0.1) is 10.1 Å². The van der Waals surface area contributed by atoms with Gasteiger partial charge in [-0.1, -0.05) is 12.1 Å². The topological polar surface area (TPSA) is 93.9 Å². The van der Waals surface area contributed by atoms with Crippen LogP contribution in [0.5, 0.6) is 0 Å². The van der Waals surface area contributed by atoms with Gasteiger partial charge in [0.1, 0.15) is 24.5 Å². The number of carbonyl (C=O) groups is 1. The molecule has 2 aliphatic heterocycles. The van der Waals surface area contributed by atoms with Gasteiger partial charge in [0.25, 0.3) is 5.69 Å². The van der Waals surface area contributed by atoms with Crippen LogP contribution in [0.1, 0.15) is 5.56 Å².